The highest BCUT2D eigenvalue weighted by atomic mass is 16.6. The molecular formula is C16H15NO4. The van der Waals surface area contributed by atoms with Gasteiger partial charge < -0.3 is 9.47 Å². The van der Waals surface area contributed by atoms with Gasteiger partial charge in [0, 0.05) is 5.69 Å². The maximum atomic E-state index is 11.6. The molecule has 1 amide bonds. The van der Waals surface area contributed by atoms with Gasteiger partial charge in [-0.1, -0.05) is 36.4 Å². The van der Waals surface area contributed by atoms with E-state index < -0.39 is 12.1 Å². The van der Waals surface area contributed by atoms with Crippen LogP contribution in [-0.2, 0) is 9.47 Å². The van der Waals surface area contributed by atoms with Crippen LogP contribution >= 0.6 is 0 Å². The Labute approximate surface area is 122 Å². The number of para-hydroxylation sites is 1. The second kappa shape index (κ2) is 7.69. The van der Waals surface area contributed by atoms with E-state index in [-0.39, 0.29) is 13.2 Å². The maximum absolute atomic E-state index is 11.6. The molecule has 0 spiro atoms. The third-order valence-corrected chi connectivity index (χ3v) is 2.58. The summed E-state index contributed by atoms with van der Waals surface area (Å²) in [6, 6.07) is 17.6. The lowest BCUT2D eigenvalue weighted by molar-refractivity contribution is 0.0412. The van der Waals surface area contributed by atoms with Gasteiger partial charge in [-0.05, 0) is 24.3 Å². The lowest BCUT2D eigenvalue weighted by atomic mass is 10.2. The highest BCUT2D eigenvalue weighted by Gasteiger charge is 2.07. The highest BCUT2D eigenvalue weighted by Crippen LogP contribution is 2.05. The van der Waals surface area contributed by atoms with Gasteiger partial charge in [0.25, 0.3) is 0 Å². The van der Waals surface area contributed by atoms with E-state index in [0.29, 0.717) is 11.3 Å². The van der Waals surface area contributed by atoms with E-state index >= 15 is 0 Å². The molecule has 5 nitrogen and oxygen atoms in total. The predicted octanol–water partition coefficient (Wildman–Crippen LogP) is 3.09. The van der Waals surface area contributed by atoms with Crippen LogP contribution in [0.15, 0.2) is 60.7 Å². The summed E-state index contributed by atoms with van der Waals surface area (Å²) in [4.78, 5) is 23.1. The minimum atomic E-state index is -0.586. The summed E-state index contributed by atoms with van der Waals surface area (Å²) < 4.78 is 9.89. The molecule has 2 aromatic rings. The van der Waals surface area contributed by atoms with Crippen LogP contribution in [0.5, 0.6) is 0 Å². The van der Waals surface area contributed by atoms with E-state index in [1.807, 2.05) is 12.1 Å². The average Bonchev–Trinajstić information content (AvgIpc) is 2.53. The SMILES string of the molecule is O=C(Nc1ccccc1)OCCOC(=O)c1ccccc1. The largest absolute Gasteiger partial charge is 0.458 e. The maximum Gasteiger partial charge on any atom is 0.411 e. The van der Waals surface area contributed by atoms with Crippen LogP contribution in [0.3, 0.4) is 0 Å². The van der Waals surface area contributed by atoms with Crippen LogP contribution in [0.1, 0.15) is 10.4 Å². The summed E-state index contributed by atoms with van der Waals surface area (Å²) in [5, 5.41) is 2.56. The number of rotatable bonds is 5. The quantitative estimate of drug-likeness (QED) is 0.677. The van der Waals surface area contributed by atoms with E-state index in [1.54, 1.807) is 48.5 Å². The Morgan fingerprint density at radius 1 is 0.810 bits per heavy atom. The lowest BCUT2D eigenvalue weighted by Gasteiger charge is -2.07. The molecular weight excluding hydrogens is 270 g/mol. The second-order valence-corrected chi connectivity index (χ2v) is 4.13. The fraction of sp³-hybridized carbons (Fsp3) is 0.125. The Morgan fingerprint density at radius 3 is 2.05 bits per heavy atom. The van der Waals surface area contributed by atoms with Gasteiger partial charge in [-0.25, -0.2) is 9.59 Å². The molecule has 0 heterocycles. The van der Waals surface area contributed by atoms with Crippen LogP contribution in [0.4, 0.5) is 10.5 Å². The molecule has 0 atom stereocenters. The molecule has 0 saturated heterocycles. The Bertz CT molecular complexity index is 584. The van der Waals surface area contributed by atoms with Gasteiger partial charge in [0.15, 0.2) is 0 Å². The fourth-order valence-electron chi connectivity index (χ4n) is 1.60. The molecule has 2 rings (SSSR count). The smallest absolute Gasteiger partial charge is 0.411 e. The molecule has 1 N–H and O–H groups in total. The molecule has 0 aliphatic heterocycles. The first-order valence-corrected chi connectivity index (χ1v) is 6.47. The number of ether oxygens (including phenoxy) is 2. The molecule has 0 aliphatic carbocycles. The minimum absolute atomic E-state index is 0.00274. The third kappa shape index (κ3) is 4.99. The molecule has 21 heavy (non-hydrogen) atoms. The normalized spacial score (nSPS) is 9.71. The third-order valence-electron chi connectivity index (χ3n) is 2.58. The summed E-state index contributed by atoms with van der Waals surface area (Å²) >= 11 is 0. The monoisotopic (exact) mass is 285 g/mol. The molecule has 108 valence electrons. The van der Waals surface area contributed by atoms with E-state index in [0.717, 1.165) is 0 Å². The summed E-state index contributed by atoms with van der Waals surface area (Å²) in [6.45, 7) is 0.00712. The van der Waals surface area contributed by atoms with Crippen molar-refractivity contribution in [1.29, 1.82) is 0 Å². The molecule has 0 radical (unpaired) electrons. The zero-order valence-electron chi connectivity index (χ0n) is 11.3. The zero-order valence-corrected chi connectivity index (χ0v) is 11.3. The fourth-order valence-corrected chi connectivity index (χ4v) is 1.60. The number of carbonyl (C=O) groups is 2. The van der Waals surface area contributed by atoms with Gasteiger partial charge in [0.05, 0.1) is 5.56 Å². The number of hydrogen-bond acceptors (Lipinski definition) is 4. The van der Waals surface area contributed by atoms with Gasteiger partial charge in [0.1, 0.15) is 13.2 Å². The van der Waals surface area contributed by atoms with Gasteiger partial charge in [-0.2, -0.15) is 0 Å². The minimum Gasteiger partial charge on any atom is -0.458 e. The van der Waals surface area contributed by atoms with E-state index in [1.165, 1.54) is 0 Å². The summed E-state index contributed by atoms with van der Waals surface area (Å²) in [5.41, 5.74) is 1.11. The lowest BCUT2D eigenvalue weighted by Crippen LogP contribution is -2.18. The van der Waals surface area contributed by atoms with Gasteiger partial charge >= 0.3 is 12.1 Å². The first-order chi connectivity index (χ1) is 10.3. The Morgan fingerprint density at radius 2 is 1.38 bits per heavy atom. The van der Waals surface area contributed by atoms with E-state index in [9.17, 15) is 9.59 Å². The average molecular weight is 285 g/mol. The summed E-state index contributed by atoms with van der Waals surface area (Å²) in [6.07, 6.45) is -0.586. The Balaban J connectivity index is 1.66. The molecule has 5 heteroatoms. The van der Waals surface area contributed by atoms with Crippen molar-refractivity contribution in [2.45, 2.75) is 0 Å². The van der Waals surface area contributed by atoms with Crippen molar-refractivity contribution < 1.29 is 19.1 Å². The number of esters is 1. The van der Waals surface area contributed by atoms with Crippen molar-refractivity contribution >= 4 is 17.7 Å². The Hall–Kier alpha value is -2.82. The number of anilines is 1. The first kappa shape index (κ1) is 14.6. The van der Waals surface area contributed by atoms with Crippen molar-refractivity contribution in [1.82, 2.24) is 0 Å². The highest BCUT2D eigenvalue weighted by molar-refractivity contribution is 5.89. The van der Waals surface area contributed by atoms with Gasteiger partial charge in [-0.15, -0.1) is 0 Å². The van der Waals surface area contributed by atoms with Crippen molar-refractivity contribution in [3.05, 3.63) is 66.2 Å². The number of amides is 1. The standard InChI is InChI=1S/C16H15NO4/c18-15(13-7-3-1-4-8-13)20-11-12-21-16(19)17-14-9-5-2-6-10-14/h1-10H,11-12H2,(H,17,19). The molecule has 0 bridgehead atoms. The number of nitrogens with one attached hydrogen (secondary N) is 1. The molecule has 0 fully saturated rings. The summed E-state index contributed by atoms with van der Waals surface area (Å²) in [7, 11) is 0. The molecule has 0 unspecified atom stereocenters. The van der Waals surface area contributed by atoms with Gasteiger partial charge in [0.2, 0.25) is 0 Å². The van der Waals surface area contributed by atoms with E-state index in [2.05, 4.69) is 5.32 Å². The molecule has 0 aromatic heterocycles. The van der Waals surface area contributed by atoms with Crippen molar-refractivity contribution in [3.63, 3.8) is 0 Å². The molecule has 2 aromatic carbocycles. The van der Waals surface area contributed by atoms with Crippen molar-refractivity contribution in [2.24, 2.45) is 0 Å². The molecule has 0 aliphatic rings. The van der Waals surface area contributed by atoms with Gasteiger partial charge in [-0.3, -0.25) is 5.32 Å². The number of hydrogen-bond donors (Lipinski definition) is 1. The van der Waals surface area contributed by atoms with E-state index in [4.69, 9.17) is 9.47 Å². The number of benzene rings is 2. The van der Waals surface area contributed by atoms with Crippen molar-refractivity contribution in [3.8, 4) is 0 Å². The van der Waals surface area contributed by atoms with Crippen LogP contribution in [-0.4, -0.2) is 25.3 Å². The Kier molecular flexibility index (Phi) is 5.34. The first-order valence-electron chi connectivity index (χ1n) is 6.47. The molecule has 0 saturated carbocycles. The number of carbonyl (C=O) groups excluding carboxylic acids is 2. The summed E-state index contributed by atoms with van der Waals surface area (Å²) in [5.74, 6) is -0.442. The van der Waals surface area contributed by atoms with Crippen LogP contribution in [0, 0.1) is 0 Å². The van der Waals surface area contributed by atoms with Crippen LogP contribution in [0.2, 0.25) is 0 Å². The topological polar surface area (TPSA) is 64.6 Å². The van der Waals surface area contributed by atoms with Crippen molar-refractivity contribution in [2.75, 3.05) is 18.5 Å². The predicted molar refractivity (Wildman–Crippen MR) is 78.1 cm³/mol. The van der Waals surface area contributed by atoms with Crippen LogP contribution in [0.25, 0.3) is 0 Å². The second-order valence-electron chi connectivity index (χ2n) is 4.13. The zero-order chi connectivity index (χ0) is 14.9. The van der Waals surface area contributed by atoms with Crippen LogP contribution < -0.4 is 5.32 Å².